The summed E-state index contributed by atoms with van der Waals surface area (Å²) in [4.78, 5) is 0. The summed E-state index contributed by atoms with van der Waals surface area (Å²) >= 11 is 3.54. The smallest absolute Gasteiger partial charge is 0.231 e. The van der Waals surface area contributed by atoms with Crippen LogP contribution in [0.25, 0.3) is 0 Å². The van der Waals surface area contributed by atoms with Crippen molar-refractivity contribution in [1.82, 2.24) is 0 Å². The van der Waals surface area contributed by atoms with Crippen molar-refractivity contribution in [3.05, 3.63) is 82.3 Å². The van der Waals surface area contributed by atoms with Crippen molar-refractivity contribution in [2.45, 2.75) is 13.2 Å². The standard InChI is InChI=1S/C21H18BrNO3/c22-17-6-8-19(24-13-15-4-2-1-3-5-15)16(10-17)12-23-18-7-9-20-21(11-18)26-14-25-20/h1-11,23H,12-14H2. The zero-order valence-corrected chi connectivity index (χ0v) is 15.7. The molecule has 1 aliphatic heterocycles. The van der Waals surface area contributed by atoms with Gasteiger partial charge in [0.25, 0.3) is 0 Å². The fourth-order valence-electron chi connectivity index (χ4n) is 2.77. The van der Waals surface area contributed by atoms with Gasteiger partial charge in [-0.15, -0.1) is 0 Å². The average molecular weight is 412 g/mol. The molecule has 0 saturated heterocycles. The fourth-order valence-corrected chi connectivity index (χ4v) is 3.17. The van der Waals surface area contributed by atoms with Crippen LogP contribution in [0.1, 0.15) is 11.1 Å². The van der Waals surface area contributed by atoms with Gasteiger partial charge in [-0.2, -0.15) is 0 Å². The van der Waals surface area contributed by atoms with Gasteiger partial charge < -0.3 is 19.5 Å². The van der Waals surface area contributed by atoms with Gasteiger partial charge in [-0.3, -0.25) is 0 Å². The zero-order valence-electron chi connectivity index (χ0n) is 14.1. The third-order valence-corrected chi connectivity index (χ3v) is 4.61. The molecule has 3 aromatic carbocycles. The quantitative estimate of drug-likeness (QED) is 0.591. The molecule has 5 heteroatoms. The van der Waals surface area contributed by atoms with E-state index >= 15 is 0 Å². The summed E-state index contributed by atoms with van der Waals surface area (Å²) in [6, 6.07) is 22.1. The predicted octanol–water partition coefficient (Wildman–Crippen LogP) is 5.37. The maximum Gasteiger partial charge on any atom is 0.231 e. The van der Waals surface area contributed by atoms with Crippen molar-refractivity contribution < 1.29 is 14.2 Å². The lowest BCUT2D eigenvalue weighted by atomic mass is 10.2. The Morgan fingerprint density at radius 1 is 0.923 bits per heavy atom. The van der Waals surface area contributed by atoms with Gasteiger partial charge >= 0.3 is 0 Å². The molecule has 0 radical (unpaired) electrons. The summed E-state index contributed by atoms with van der Waals surface area (Å²) in [7, 11) is 0. The Balaban J connectivity index is 1.46. The second-order valence-electron chi connectivity index (χ2n) is 5.95. The molecule has 0 bridgehead atoms. The highest BCUT2D eigenvalue weighted by Gasteiger charge is 2.13. The van der Waals surface area contributed by atoms with Gasteiger partial charge in [-0.25, -0.2) is 0 Å². The van der Waals surface area contributed by atoms with E-state index in [0.29, 0.717) is 13.2 Å². The molecule has 0 fully saturated rings. The number of rotatable bonds is 6. The summed E-state index contributed by atoms with van der Waals surface area (Å²) in [6.45, 7) is 1.46. The highest BCUT2D eigenvalue weighted by Crippen LogP contribution is 2.34. The molecule has 0 amide bonds. The molecule has 1 heterocycles. The molecule has 0 atom stereocenters. The fraction of sp³-hybridized carbons (Fsp3) is 0.143. The Labute approximate surface area is 160 Å². The first-order valence-electron chi connectivity index (χ1n) is 8.36. The molecule has 132 valence electrons. The van der Waals surface area contributed by atoms with Crippen LogP contribution >= 0.6 is 15.9 Å². The number of ether oxygens (including phenoxy) is 3. The van der Waals surface area contributed by atoms with E-state index in [1.807, 2.05) is 48.5 Å². The van der Waals surface area contributed by atoms with Gasteiger partial charge in [0.15, 0.2) is 11.5 Å². The Morgan fingerprint density at radius 3 is 2.65 bits per heavy atom. The summed E-state index contributed by atoms with van der Waals surface area (Å²) in [5, 5.41) is 3.42. The van der Waals surface area contributed by atoms with E-state index in [-0.39, 0.29) is 6.79 Å². The zero-order chi connectivity index (χ0) is 17.8. The highest BCUT2D eigenvalue weighted by molar-refractivity contribution is 9.10. The molecule has 4 nitrogen and oxygen atoms in total. The molecule has 0 spiro atoms. The number of halogens is 1. The molecule has 0 unspecified atom stereocenters. The van der Waals surface area contributed by atoms with Crippen LogP contribution in [0.15, 0.2) is 71.2 Å². The normalized spacial score (nSPS) is 12.0. The lowest BCUT2D eigenvalue weighted by Gasteiger charge is -2.14. The second-order valence-corrected chi connectivity index (χ2v) is 6.86. The van der Waals surface area contributed by atoms with E-state index < -0.39 is 0 Å². The van der Waals surface area contributed by atoms with Crippen molar-refractivity contribution in [2.24, 2.45) is 0 Å². The minimum atomic E-state index is 0.280. The van der Waals surface area contributed by atoms with Crippen LogP contribution in [0.2, 0.25) is 0 Å². The van der Waals surface area contributed by atoms with Crippen molar-refractivity contribution >= 4 is 21.6 Å². The minimum Gasteiger partial charge on any atom is -0.489 e. The predicted molar refractivity (Wildman–Crippen MR) is 105 cm³/mol. The van der Waals surface area contributed by atoms with E-state index in [1.54, 1.807) is 0 Å². The topological polar surface area (TPSA) is 39.7 Å². The largest absolute Gasteiger partial charge is 0.489 e. The van der Waals surface area contributed by atoms with Gasteiger partial charge in [0.1, 0.15) is 12.4 Å². The lowest BCUT2D eigenvalue weighted by molar-refractivity contribution is 0.174. The first-order chi connectivity index (χ1) is 12.8. The van der Waals surface area contributed by atoms with E-state index in [4.69, 9.17) is 14.2 Å². The Bertz CT molecular complexity index is 899. The molecule has 1 N–H and O–H groups in total. The van der Waals surface area contributed by atoms with Crippen LogP contribution in [0, 0.1) is 0 Å². The molecule has 0 aliphatic carbocycles. The molecule has 26 heavy (non-hydrogen) atoms. The number of nitrogens with one attached hydrogen (secondary N) is 1. The van der Waals surface area contributed by atoms with Crippen molar-refractivity contribution in [3.63, 3.8) is 0 Å². The highest BCUT2D eigenvalue weighted by atomic mass is 79.9. The molecule has 1 aliphatic rings. The SMILES string of the molecule is Brc1ccc(OCc2ccccc2)c(CNc2ccc3c(c2)OCO3)c1. The number of hydrogen-bond acceptors (Lipinski definition) is 4. The van der Waals surface area contributed by atoms with E-state index in [2.05, 4.69) is 39.4 Å². The summed E-state index contributed by atoms with van der Waals surface area (Å²) < 4.78 is 17.8. The van der Waals surface area contributed by atoms with E-state index in [1.165, 1.54) is 0 Å². The second kappa shape index (κ2) is 7.70. The number of anilines is 1. The van der Waals surface area contributed by atoms with Gasteiger partial charge in [-0.1, -0.05) is 46.3 Å². The third-order valence-electron chi connectivity index (χ3n) is 4.12. The van der Waals surface area contributed by atoms with Crippen molar-refractivity contribution in [2.75, 3.05) is 12.1 Å². The van der Waals surface area contributed by atoms with Gasteiger partial charge in [0.05, 0.1) is 0 Å². The average Bonchev–Trinajstić information content (AvgIpc) is 3.14. The van der Waals surface area contributed by atoms with Crippen LogP contribution in [-0.4, -0.2) is 6.79 Å². The van der Waals surface area contributed by atoms with Crippen LogP contribution in [0.5, 0.6) is 17.2 Å². The molecular weight excluding hydrogens is 394 g/mol. The Hall–Kier alpha value is -2.66. The maximum atomic E-state index is 6.04. The number of fused-ring (bicyclic) bond motifs is 1. The summed E-state index contributed by atoms with van der Waals surface area (Å²) in [5.41, 5.74) is 3.20. The van der Waals surface area contributed by atoms with Crippen LogP contribution in [0.3, 0.4) is 0 Å². The lowest BCUT2D eigenvalue weighted by Crippen LogP contribution is -2.04. The van der Waals surface area contributed by atoms with E-state index in [9.17, 15) is 0 Å². The van der Waals surface area contributed by atoms with Gasteiger partial charge in [-0.05, 0) is 35.9 Å². The van der Waals surface area contributed by atoms with Gasteiger partial charge in [0.2, 0.25) is 6.79 Å². The first-order valence-corrected chi connectivity index (χ1v) is 9.16. The molecule has 4 rings (SSSR count). The van der Waals surface area contributed by atoms with Crippen LogP contribution < -0.4 is 19.5 Å². The Morgan fingerprint density at radius 2 is 1.77 bits per heavy atom. The molecule has 0 saturated carbocycles. The van der Waals surface area contributed by atoms with E-state index in [0.717, 1.165) is 38.5 Å². The monoisotopic (exact) mass is 411 g/mol. The molecular formula is C21H18BrNO3. The first kappa shape index (κ1) is 16.8. The van der Waals surface area contributed by atoms with Crippen LogP contribution in [-0.2, 0) is 13.2 Å². The maximum absolute atomic E-state index is 6.04. The molecule has 3 aromatic rings. The third kappa shape index (κ3) is 3.94. The van der Waals surface area contributed by atoms with Crippen molar-refractivity contribution in [1.29, 1.82) is 0 Å². The minimum absolute atomic E-state index is 0.280. The summed E-state index contributed by atoms with van der Waals surface area (Å²) in [6.07, 6.45) is 0. The van der Waals surface area contributed by atoms with Crippen LogP contribution in [0.4, 0.5) is 5.69 Å². The summed E-state index contributed by atoms with van der Waals surface area (Å²) in [5.74, 6) is 2.42. The Kier molecular flexibility index (Phi) is 4.97. The van der Waals surface area contributed by atoms with Crippen molar-refractivity contribution in [3.8, 4) is 17.2 Å². The number of benzene rings is 3. The molecule has 0 aromatic heterocycles. The number of hydrogen-bond donors (Lipinski definition) is 1. The van der Waals surface area contributed by atoms with Gasteiger partial charge in [0, 0.05) is 28.3 Å².